The molecular formula is C20H18N2O2. The first-order chi connectivity index (χ1) is 11.8. The van der Waals surface area contributed by atoms with Crippen LogP contribution in [-0.4, -0.2) is 17.5 Å². The molecule has 1 N–H and O–H groups in total. The number of amides is 1. The number of hydrogen-bond donors (Lipinski definition) is 1. The second-order valence-corrected chi connectivity index (χ2v) is 5.29. The molecule has 3 rings (SSSR count). The Morgan fingerprint density at radius 3 is 2.54 bits per heavy atom. The van der Waals surface area contributed by atoms with Gasteiger partial charge in [-0.15, -0.1) is 0 Å². The highest BCUT2D eigenvalue weighted by molar-refractivity contribution is 5.78. The molecule has 1 amide bonds. The Morgan fingerprint density at radius 2 is 1.75 bits per heavy atom. The highest BCUT2D eigenvalue weighted by Crippen LogP contribution is 2.29. The van der Waals surface area contributed by atoms with Gasteiger partial charge in [-0.05, 0) is 23.3 Å². The zero-order valence-electron chi connectivity index (χ0n) is 13.2. The summed E-state index contributed by atoms with van der Waals surface area (Å²) >= 11 is 0. The summed E-state index contributed by atoms with van der Waals surface area (Å²) in [5.74, 6) is 0.530. The zero-order valence-corrected chi connectivity index (χ0v) is 13.2. The van der Waals surface area contributed by atoms with Crippen LogP contribution in [-0.2, 0) is 11.3 Å². The minimum absolute atomic E-state index is 0.0237. The van der Waals surface area contributed by atoms with Crippen LogP contribution in [0, 0.1) is 0 Å². The molecule has 0 atom stereocenters. The van der Waals surface area contributed by atoms with Gasteiger partial charge in [0.05, 0.1) is 0 Å². The first-order valence-corrected chi connectivity index (χ1v) is 7.76. The number of rotatable bonds is 6. The summed E-state index contributed by atoms with van der Waals surface area (Å²) in [6.45, 7) is 0.417. The Morgan fingerprint density at radius 1 is 0.958 bits per heavy atom. The van der Waals surface area contributed by atoms with Crippen molar-refractivity contribution >= 4 is 5.91 Å². The van der Waals surface area contributed by atoms with E-state index in [1.807, 2.05) is 66.7 Å². The predicted octanol–water partition coefficient (Wildman–Crippen LogP) is 3.44. The van der Waals surface area contributed by atoms with Crippen molar-refractivity contribution in [1.29, 1.82) is 0 Å². The van der Waals surface area contributed by atoms with E-state index in [1.165, 1.54) is 0 Å². The summed E-state index contributed by atoms with van der Waals surface area (Å²) < 4.78 is 5.71. The Kier molecular flexibility index (Phi) is 5.20. The van der Waals surface area contributed by atoms with Crippen molar-refractivity contribution in [1.82, 2.24) is 10.3 Å². The van der Waals surface area contributed by atoms with E-state index in [4.69, 9.17) is 4.74 Å². The Labute approximate surface area is 141 Å². The molecule has 0 fully saturated rings. The quantitative estimate of drug-likeness (QED) is 0.757. The third-order valence-electron chi connectivity index (χ3n) is 3.54. The molecule has 0 aliphatic rings. The maximum Gasteiger partial charge on any atom is 0.258 e. The average Bonchev–Trinajstić information content (AvgIpc) is 2.66. The second kappa shape index (κ2) is 7.92. The van der Waals surface area contributed by atoms with Crippen LogP contribution in [0.3, 0.4) is 0 Å². The van der Waals surface area contributed by atoms with Gasteiger partial charge in [0.15, 0.2) is 6.61 Å². The van der Waals surface area contributed by atoms with Crippen LogP contribution < -0.4 is 10.1 Å². The molecule has 120 valence electrons. The number of carbonyl (C=O) groups is 1. The lowest BCUT2D eigenvalue weighted by molar-refractivity contribution is -0.123. The van der Waals surface area contributed by atoms with E-state index < -0.39 is 0 Å². The van der Waals surface area contributed by atoms with Crippen molar-refractivity contribution in [2.24, 2.45) is 0 Å². The van der Waals surface area contributed by atoms with Crippen molar-refractivity contribution in [3.63, 3.8) is 0 Å². The number of nitrogens with zero attached hydrogens (tertiary/aromatic N) is 1. The lowest BCUT2D eigenvalue weighted by Gasteiger charge is -2.11. The normalized spacial score (nSPS) is 10.2. The number of aromatic nitrogens is 1. The van der Waals surface area contributed by atoms with E-state index in [1.54, 1.807) is 12.4 Å². The fourth-order valence-corrected chi connectivity index (χ4v) is 2.35. The molecule has 0 radical (unpaired) electrons. The Hall–Kier alpha value is -3.14. The van der Waals surface area contributed by atoms with Crippen LogP contribution in [0.1, 0.15) is 5.56 Å². The maximum absolute atomic E-state index is 12.0. The Bertz CT molecular complexity index is 789. The van der Waals surface area contributed by atoms with Gasteiger partial charge >= 0.3 is 0 Å². The SMILES string of the molecule is O=C(COc1ccccc1-c1ccccc1)NCc1cccnc1. The average molecular weight is 318 g/mol. The van der Waals surface area contributed by atoms with Gasteiger partial charge in [-0.1, -0.05) is 54.6 Å². The Balaban J connectivity index is 1.60. The van der Waals surface area contributed by atoms with E-state index in [0.29, 0.717) is 12.3 Å². The molecule has 1 heterocycles. The summed E-state index contributed by atoms with van der Waals surface area (Å²) in [6, 6.07) is 21.4. The smallest absolute Gasteiger partial charge is 0.258 e. The van der Waals surface area contributed by atoms with Gasteiger partial charge in [0, 0.05) is 24.5 Å². The number of ether oxygens (including phenoxy) is 1. The molecule has 3 aromatic rings. The highest BCUT2D eigenvalue weighted by Gasteiger charge is 2.08. The predicted molar refractivity (Wildman–Crippen MR) is 93.5 cm³/mol. The van der Waals surface area contributed by atoms with Crippen molar-refractivity contribution in [3.8, 4) is 16.9 Å². The molecule has 0 aliphatic heterocycles. The van der Waals surface area contributed by atoms with Crippen LogP contribution >= 0.6 is 0 Å². The summed E-state index contributed by atoms with van der Waals surface area (Å²) in [5, 5.41) is 2.82. The van der Waals surface area contributed by atoms with Crippen LogP contribution in [0.2, 0.25) is 0 Å². The van der Waals surface area contributed by atoms with Crippen LogP contribution in [0.15, 0.2) is 79.1 Å². The fourth-order valence-electron chi connectivity index (χ4n) is 2.35. The van der Waals surface area contributed by atoms with Gasteiger partial charge < -0.3 is 10.1 Å². The summed E-state index contributed by atoms with van der Waals surface area (Å²) in [5.41, 5.74) is 2.98. The van der Waals surface area contributed by atoms with Gasteiger partial charge in [0.1, 0.15) is 5.75 Å². The number of benzene rings is 2. The first kappa shape index (κ1) is 15.7. The van der Waals surface area contributed by atoms with E-state index in [9.17, 15) is 4.79 Å². The number of hydrogen-bond acceptors (Lipinski definition) is 3. The molecule has 0 spiro atoms. The van der Waals surface area contributed by atoms with E-state index >= 15 is 0 Å². The minimum atomic E-state index is -0.165. The fraction of sp³-hybridized carbons (Fsp3) is 0.100. The second-order valence-electron chi connectivity index (χ2n) is 5.29. The monoisotopic (exact) mass is 318 g/mol. The van der Waals surface area contributed by atoms with Gasteiger partial charge in [-0.2, -0.15) is 0 Å². The third-order valence-corrected chi connectivity index (χ3v) is 3.54. The molecular weight excluding hydrogens is 300 g/mol. The molecule has 24 heavy (non-hydrogen) atoms. The molecule has 0 saturated heterocycles. The standard InChI is InChI=1S/C20H18N2O2/c23-20(22-14-16-7-6-12-21-13-16)15-24-19-11-5-4-10-18(19)17-8-2-1-3-9-17/h1-13H,14-15H2,(H,22,23). The van der Waals surface area contributed by atoms with E-state index in [0.717, 1.165) is 16.7 Å². The lowest BCUT2D eigenvalue weighted by atomic mass is 10.1. The van der Waals surface area contributed by atoms with Gasteiger partial charge in [0.2, 0.25) is 0 Å². The largest absolute Gasteiger partial charge is 0.483 e. The third kappa shape index (κ3) is 4.20. The summed E-state index contributed by atoms with van der Waals surface area (Å²) in [4.78, 5) is 16.0. The zero-order chi connectivity index (χ0) is 16.6. The van der Waals surface area contributed by atoms with Gasteiger partial charge in [-0.3, -0.25) is 9.78 Å². The molecule has 0 aliphatic carbocycles. The van der Waals surface area contributed by atoms with Crippen molar-refractivity contribution in [3.05, 3.63) is 84.7 Å². The highest BCUT2D eigenvalue weighted by atomic mass is 16.5. The molecule has 2 aromatic carbocycles. The molecule has 4 nitrogen and oxygen atoms in total. The molecule has 0 bridgehead atoms. The van der Waals surface area contributed by atoms with E-state index in [-0.39, 0.29) is 12.5 Å². The van der Waals surface area contributed by atoms with Crippen molar-refractivity contribution < 1.29 is 9.53 Å². The first-order valence-electron chi connectivity index (χ1n) is 7.76. The number of pyridine rings is 1. The molecule has 0 saturated carbocycles. The van der Waals surface area contributed by atoms with Crippen LogP contribution in [0.25, 0.3) is 11.1 Å². The molecule has 0 unspecified atom stereocenters. The van der Waals surface area contributed by atoms with Gasteiger partial charge in [-0.25, -0.2) is 0 Å². The minimum Gasteiger partial charge on any atom is -0.483 e. The molecule has 4 heteroatoms. The number of nitrogens with one attached hydrogen (secondary N) is 1. The van der Waals surface area contributed by atoms with E-state index in [2.05, 4.69) is 10.3 Å². The van der Waals surface area contributed by atoms with Crippen LogP contribution in [0.4, 0.5) is 0 Å². The molecule has 1 aromatic heterocycles. The van der Waals surface area contributed by atoms with Crippen LogP contribution in [0.5, 0.6) is 5.75 Å². The summed E-state index contributed by atoms with van der Waals surface area (Å²) in [7, 11) is 0. The van der Waals surface area contributed by atoms with Crippen molar-refractivity contribution in [2.45, 2.75) is 6.54 Å². The van der Waals surface area contributed by atoms with Crippen molar-refractivity contribution in [2.75, 3.05) is 6.61 Å². The topological polar surface area (TPSA) is 51.2 Å². The maximum atomic E-state index is 12.0. The number of carbonyl (C=O) groups excluding carboxylic acids is 1. The summed E-state index contributed by atoms with van der Waals surface area (Å²) in [6.07, 6.45) is 3.43. The van der Waals surface area contributed by atoms with Gasteiger partial charge in [0.25, 0.3) is 5.91 Å². The lowest BCUT2D eigenvalue weighted by Crippen LogP contribution is -2.28. The number of para-hydroxylation sites is 1.